The number of methoxy groups -OCH3 is 1. The summed E-state index contributed by atoms with van der Waals surface area (Å²) in [5.74, 6) is 0. The second-order valence-corrected chi connectivity index (χ2v) is 5.36. The molecule has 102 valence electrons. The van der Waals surface area contributed by atoms with Crippen LogP contribution >= 0.6 is 0 Å². The predicted molar refractivity (Wildman–Crippen MR) is 72.5 cm³/mol. The van der Waals surface area contributed by atoms with Crippen molar-refractivity contribution in [1.29, 1.82) is 0 Å². The van der Waals surface area contributed by atoms with Crippen molar-refractivity contribution < 1.29 is 4.74 Å². The fraction of sp³-hybridized carbons (Fsp3) is 1.00. The molecule has 1 fully saturated rings. The van der Waals surface area contributed by atoms with E-state index in [1.165, 1.54) is 13.1 Å². The molecule has 4 heteroatoms. The van der Waals surface area contributed by atoms with Gasteiger partial charge in [-0.3, -0.25) is 9.80 Å². The first-order valence-corrected chi connectivity index (χ1v) is 6.72. The fourth-order valence-electron chi connectivity index (χ4n) is 2.42. The zero-order valence-corrected chi connectivity index (χ0v) is 12.1. The Bertz CT molecular complexity index is 201. The van der Waals surface area contributed by atoms with E-state index in [4.69, 9.17) is 4.74 Å². The maximum absolute atomic E-state index is 5.03. The number of piperazine rings is 1. The van der Waals surface area contributed by atoms with Gasteiger partial charge in [-0.05, 0) is 27.8 Å². The van der Waals surface area contributed by atoms with Gasteiger partial charge in [-0.2, -0.15) is 0 Å². The second kappa shape index (κ2) is 7.31. The quantitative estimate of drug-likeness (QED) is 0.693. The first-order chi connectivity index (χ1) is 8.06. The van der Waals surface area contributed by atoms with Crippen LogP contribution in [-0.4, -0.2) is 74.9 Å². The van der Waals surface area contributed by atoms with Crippen LogP contribution in [0.15, 0.2) is 0 Å². The molecule has 17 heavy (non-hydrogen) atoms. The van der Waals surface area contributed by atoms with Crippen molar-refractivity contribution in [2.24, 2.45) is 0 Å². The second-order valence-electron chi connectivity index (χ2n) is 5.36. The van der Waals surface area contributed by atoms with Gasteiger partial charge in [0.1, 0.15) is 0 Å². The minimum absolute atomic E-state index is 0.602. The summed E-state index contributed by atoms with van der Waals surface area (Å²) in [4.78, 5) is 5.07. The Morgan fingerprint density at radius 1 is 1.29 bits per heavy atom. The van der Waals surface area contributed by atoms with Gasteiger partial charge in [-0.25, -0.2) is 0 Å². The van der Waals surface area contributed by atoms with Crippen molar-refractivity contribution in [2.45, 2.75) is 38.9 Å². The van der Waals surface area contributed by atoms with Crippen LogP contribution in [0.2, 0.25) is 0 Å². The molecule has 3 atom stereocenters. The van der Waals surface area contributed by atoms with Crippen LogP contribution in [0.5, 0.6) is 0 Å². The molecular formula is C13H29N3O. The van der Waals surface area contributed by atoms with Crippen LogP contribution in [0.4, 0.5) is 0 Å². The Labute approximate surface area is 106 Å². The van der Waals surface area contributed by atoms with Gasteiger partial charge in [0.25, 0.3) is 0 Å². The lowest BCUT2D eigenvalue weighted by atomic mass is 10.1. The minimum Gasteiger partial charge on any atom is -0.383 e. The third-order valence-corrected chi connectivity index (χ3v) is 3.93. The highest BCUT2D eigenvalue weighted by atomic mass is 16.5. The van der Waals surface area contributed by atoms with Crippen molar-refractivity contribution in [3.05, 3.63) is 0 Å². The number of rotatable bonds is 6. The van der Waals surface area contributed by atoms with Crippen LogP contribution < -0.4 is 5.32 Å². The topological polar surface area (TPSA) is 27.7 Å². The highest BCUT2D eigenvalue weighted by molar-refractivity contribution is 4.85. The lowest BCUT2D eigenvalue weighted by molar-refractivity contribution is 0.0378. The van der Waals surface area contributed by atoms with Crippen LogP contribution in [0.3, 0.4) is 0 Å². The zero-order chi connectivity index (χ0) is 12.8. The molecule has 3 unspecified atom stereocenters. The van der Waals surface area contributed by atoms with E-state index >= 15 is 0 Å². The number of hydrogen-bond donors (Lipinski definition) is 1. The molecule has 0 aromatic rings. The molecule has 1 saturated heterocycles. The van der Waals surface area contributed by atoms with Crippen molar-refractivity contribution in [3.8, 4) is 0 Å². The molecule has 0 aliphatic carbocycles. The molecule has 4 nitrogen and oxygen atoms in total. The SMILES string of the molecule is COCCNCC(C)N1CC(C)N(C)C(C)C1. The van der Waals surface area contributed by atoms with Crippen molar-refractivity contribution >= 4 is 0 Å². The van der Waals surface area contributed by atoms with E-state index in [9.17, 15) is 0 Å². The molecule has 0 radical (unpaired) electrons. The number of nitrogens with one attached hydrogen (secondary N) is 1. The van der Waals surface area contributed by atoms with Crippen molar-refractivity contribution in [2.75, 3.05) is 46.9 Å². The summed E-state index contributed by atoms with van der Waals surface area (Å²) in [5, 5.41) is 3.44. The van der Waals surface area contributed by atoms with Gasteiger partial charge in [-0.15, -0.1) is 0 Å². The van der Waals surface area contributed by atoms with Gasteiger partial charge in [0.15, 0.2) is 0 Å². The molecule has 0 spiro atoms. The van der Waals surface area contributed by atoms with E-state index in [-0.39, 0.29) is 0 Å². The average Bonchev–Trinajstić information content (AvgIpc) is 2.30. The number of ether oxygens (including phenoxy) is 1. The molecule has 0 aromatic heterocycles. The van der Waals surface area contributed by atoms with Gasteiger partial charge in [0.2, 0.25) is 0 Å². The fourth-order valence-corrected chi connectivity index (χ4v) is 2.42. The third kappa shape index (κ3) is 4.54. The maximum atomic E-state index is 5.03. The standard InChI is InChI=1S/C13H29N3O/c1-11(8-14-6-7-17-5)16-9-12(2)15(4)13(3)10-16/h11-14H,6-10H2,1-5H3. The molecular weight excluding hydrogens is 214 g/mol. The third-order valence-electron chi connectivity index (χ3n) is 3.93. The Kier molecular flexibility index (Phi) is 6.41. The zero-order valence-electron chi connectivity index (χ0n) is 12.1. The Morgan fingerprint density at radius 2 is 1.88 bits per heavy atom. The average molecular weight is 243 g/mol. The van der Waals surface area contributed by atoms with Crippen molar-refractivity contribution in [1.82, 2.24) is 15.1 Å². The Hall–Kier alpha value is -0.160. The predicted octanol–water partition coefficient (Wildman–Crippen LogP) is 0.635. The number of nitrogens with zero attached hydrogens (tertiary/aromatic N) is 2. The molecule has 0 aromatic carbocycles. The largest absolute Gasteiger partial charge is 0.383 e. The Balaban J connectivity index is 2.29. The normalized spacial score (nSPS) is 29.5. The monoisotopic (exact) mass is 243 g/mol. The van der Waals surface area contributed by atoms with E-state index in [1.807, 2.05) is 0 Å². The van der Waals surface area contributed by atoms with Gasteiger partial charge in [0, 0.05) is 51.4 Å². The van der Waals surface area contributed by atoms with Crippen LogP contribution in [-0.2, 0) is 4.74 Å². The molecule has 0 amide bonds. The summed E-state index contributed by atoms with van der Waals surface area (Å²) in [7, 11) is 3.98. The van der Waals surface area contributed by atoms with Gasteiger partial charge >= 0.3 is 0 Å². The van der Waals surface area contributed by atoms with Gasteiger partial charge < -0.3 is 10.1 Å². The first-order valence-electron chi connectivity index (χ1n) is 6.72. The lowest BCUT2D eigenvalue weighted by Crippen LogP contribution is -2.58. The summed E-state index contributed by atoms with van der Waals surface area (Å²) in [6.45, 7) is 12.1. The molecule has 1 aliphatic heterocycles. The number of hydrogen-bond acceptors (Lipinski definition) is 4. The smallest absolute Gasteiger partial charge is 0.0587 e. The minimum atomic E-state index is 0.602. The summed E-state index contributed by atoms with van der Waals surface area (Å²) >= 11 is 0. The first kappa shape index (κ1) is 14.9. The molecule has 1 N–H and O–H groups in total. The molecule has 0 bridgehead atoms. The molecule has 0 saturated carbocycles. The summed E-state index contributed by atoms with van der Waals surface area (Å²) in [5.41, 5.74) is 0. The van der Waals surface area contributed by atoms with E-state index in [0.717, 1.165) is 19.7 Å². The summed E-state index contributed by atoms with van der Waals surface area (Å²) in [6, 6.07) is 1.91. The number of likely N-dealkylation sites (N-methyl/N-ethyl adjacent to an activating group) is 1. The van der Waals surface area contributed by atoms with Crippen LogP contribution in [0.25, 0.3) is 0 Å². The van der Waals surface area contributed by atoms with E-state index in [1.54, 1.807) is 7.11 Å². The Morgan fingerprint density at radius 3 is 2.41 bits per heavy atom. The molecule has 1 heterocycles. The summed E-state index contributed by atoms with van der Waals surface area (Å²) < 4.78 is 5.03. The lowest BCUT2D eigenvalue weighted by Gasteiger charge is -2.45. The van der Waals surface area contributed by atoms with Crippen molar-refractivity contribution in [3.63, 3.8) is 0 Å². The summed E-state index contributed by atoms with van der Waals surface area (Å²) in [6.07, 6.45) is 0. The van der Waals surface area contributed by atoms with Crippen LogP contribution in [0.1, 0.15) is 20.8 Å². The van der Waals surface area contributed by atoms with E-state index in [2.05, 4.69) is 42.9 Å². The highest BCUT2D eigenvalue weighted by Crippen LogP contribution is 2.15. The van der Waals surface area contributed by atoms with Crippen LogP contribution in [0, 0.1) is 0 Å². The molecule has 1 aliphatic rings. The van der Waals surface area contributed by atoms with Gasteiger partial charge in [0.05, 0.1) is 6.61 Å². The van der Waals surface area contributed by atoms with E-state index in [0.29, 0.717) is 18.1 Å². The molecule has 1 rings (SSSR count). The van der Waals surface area contributed by atoms with E-state index < -0.39 is 0 Å². The van der Waals surface area contributed by atoms with Gasteiger partial charge in [-0.1, -0.05) is 0 Å². The highest BCUT2D eigenvalue weighted by Gasteiger charge is 2.28. The maximum Gasteiger partial charge on any atom is 0.0587 e.